The highest BCUT2D eigenvalue weighted by Gasteiger charge is 2.35. The standard InChI is InChI=1S/C19H22FN9/c1-21-17-16-13(14-6-11-28-15(23-14)4-8-22-28)5-10-29(16)26-18(24-17)25-19(20)7-3-9-27(2)12-19/h4-6,8,10-11H,3,7,9,12H2,1-2H3,(H2,21,24,25,26). The van der Waals surface area contributed by atoms with Crippen LogP contribution in [0.15, 0.2) is 36.8 Å². The molecule has 0 aliphatic carbocycles. The number of rotatable bonds is 4. The molecule has 1 fully saturated rings. The van der Waals surface area contributed by atoms with E-state index < -0.39 is 5.79 Å². The monoisotopic (exact) mass is 395 g/mol. The van der Waals surface area contributed by atoms with Crippen LogP contribution in [0.25, 0.3) is 22.4 Å². The average Bonchev–Trinajstić information content (AvgIpc) is 3.32. The molecule has 150 valence electrons. The van der Waals surface area contributed by atoms with Crippen LogP contribution < -0.4 is 10.6 Å². The first-order valence-electron chi connectivity index (χ1n) is 9.58. The van der Waals surface area contributed by atoms with Crippen LogP contribution in [-0.2, 0) is 0 Å². The molecule has 29 heavy (non-hydrogen) atoms. The van der Waals surface area contributed by atoms with Gasteiger partial charge in [-0.3, -0.25) is 0 Å². The summed E-state index contributed by atoms with van der Waals surface area (Å²) in [6, 6.07) is 5.68. The van der Waals surface area contributed by atoms with E-state index >= 15 is 4.39 Å². The average molecular weight is 395 g/mol. The molecule has 0 radical (unpaired) electrons. The molecular formula is C19H22FN9. The van der Waals surface area contributed by atoms with Gasteiger partial charge in [-0.2, -0.15) is 10.1 Å². The quantitative estimate of drug-likeness (QED) is 0.513. The Labute approximate surface area is 166 Å². The normalized spacial score (nSPS) is 20.4. The molecule has 4 aromatic heterocycles. The zero-order chi connectivity index (χ0) is 20.0. The maximum Gasteiger partial charge on any atom is 0.245 e. The van der Waals surface area contributed by atoms with Crippen molar-refractivity contribution in [2.24, 2.45) is 0 Å². The molecule has 2 N–H and O–H groups in total. The van der Waals surface area contributed by atoms with Crippen LogP contribution in [0.1, 0.15) is 12.8 Å². The maximum absolute atomic E-state index is 15.3. The van der Waals surface area contributed by atoms with Crippen molar-refractivity contribution in [3.05, 3.63) is 36.8 Å². The topological polar surface area (TPSA) is 87.7 Å². The van der Waals surface area contributed by atoms with E-state index in [-0.39, 0.29) is 5.95 Å². The van der Waals surface area contributed by atoms with Crippen molar-refractivity contribution < 1.29 is 4.39 Å². The lowest BCUT2D eigenvalue weighted by molar-refractivity contribution is 0.0829. The first-order valence-corrected chi connectivity index (χ1v) is 9.58. The molecule has 1 atom stereocenters. The highest BCUT2D eigenvalue weighted by molar-refractivity contribution is 5.87. The third-order valence-electron chi connectivity index (χ3n) is 5.25. The van der Waals surface area contributed by atoms with Gasteiger partial charge in [-0.15, -0.1) is 5.10 Å². The van der Waals surface area contributed by atoms with Crippen LogP contribution in [0, 0.1) is 0 Å². The van der Waals surface area contributed by atoms with Crippen molar-refractivity contribution in [3.63, 3.8) is 0 Å². The third-order valence-corrected chi connectivity index (χ3v) is 5.25. The second-order valence-electron chi connectivity index (χ2n) is 7.44. The summed E-state index contributed by atoms with van der Waals surface area (Å²) in [5.74, 6) is -0.692. The summed E-state index contributed by atoms with van der Waals surface area (Å²) in [5, 5.41) is 14.7. The minimum atomic E-state index is -1.55. The van der Waals surface area contributed by atoms with Crippen LogP contribution in [0.2, 0.25) is 0 Å². The molecule has 0 spiro atoms. The molecule has 9 nitrogen and oxygen atoms in total. The molecule has 5 rings (SSSR count). The largest absolute Gasteiger partial charge is 0.371 e. The number of fused-ring (bicyclic) bond motifs is 2. The summed E-state index contributed by atoms with van der Waals surface area (Å²) in [4.78, 5) is 11.2. The van der Waals surface area contributed by atoms with Crippen LogP contribution in [0.4, 0.5) is 16.2 Å². The Kier molecular flexibility index (Phi) is 4.09. The van der Waals surface area contributed by atoms with Gasteiger partial charge in [-0.1, -0.05) is 0 Å². The minimum Gasteiger partial charge on any atom is -0.371 e. The van der Waals surface area contributed by atoms with Crippen molar-refractivity contribution >= 4 is 22.9 Å². The second kappa shape index (κ2) is 6.66. The lowest BCUT2D eigenvalue weighted by atomic mass is 10.0. The van der Waals surface area contributed by atoms with Gasteiger partial charge >= 0.3 is 0 Å². The maximum atomic E-state index is 15.3. The summed E-state index contributed by atoms with van der Waals surface area (Å²) in [7, 11) is 3.71. The zero-order valence-electron chi connectivity index (χ0n) is 16.3. The minimum absolute atomic E-state index is 0.251. The van der Waals surface area contributed by atoms with Crippen LogP contribution in [0.5, 0.6) is 0 Å². The molecule has 5 heterocycles. The molecular weight excluding hydrogens is 373 g/mol. The smallest absolute Gasteiger partial charge is 0.245 e. The third kappa shape index (κ3) is 3.15. The molecule has 4 aromatic rings. The van der Waals surface area contributed by atoms with Gasteiger partial charge in [0.15, 0.2) is 17.3 Å². The number of nitrogens with zero attached hydrogens (tertiary/aromatic N) is 7. The van der Waals surface area contributed by atoms with Gasteiger partial charge in [0.2, 0.25) is 5.95 Å². The van der Waals surface area contributed by atoms with Crippen LogP contribution >= 0.6 is 0 Å². The summed E-state index contributed by atoms with van der Waals surface area (Å²) in [5.41, 5.74) is 3.21. The highest BCUT2D eigenvalue weighted by Crippen LogP contribution is 2.31. The van der Waals surface area contributed by atoms with E-state index in [2.05, 4.69) is 30.8 Å². The lowest BCUT2D eigenvalue weighted by Gasteiger charge is -2.35. The molecule has 1 aliphatic rings. The zero-order valence-corrected chi connectivity index (χ0v) is 16.3. The fourth-order valence-electron chi connectivity index (χ4n) is 3.94. The molecule has 1 aliphatic heterocycles. The van der Waals surface area contributed by atoms with Gasteiger partial charge in [-0.05, 0) is 32.1 Å². The predicted molar refractivity (Wildman–Crippen MR) is 109 cm³/mol. The first kappa shape index (κ1) is 17.8. The van der Waals surface area contributed by atoms with Crippen LogP contribution in [0.3, 0.4) is 0 Å². The number of halogens is 1. The molecule has 0 amide bonds. The molecule has 0 bridgehead atoms. The number of aromatic nitrogens is 6. The van der Waals surface area contributed by atoms with Crippen molar-refractivity contribution in [3.8, 4) is 11.3 Å². The van der Waals surface area contributed by atoms with E-state index in [1.165, 1.54) is 0 Å². The summed E-state index contributed by atoms with van der Waals surface area (Å²) >= 11 is 0. The Balaban J connectivity index is 1.55. The van der Waals surface area contributed by atoms with E-state index in [0.717, 1.165) is 35.4 Å². The number of hydrogen-bond acceptors (Lipinski definition) is 7. The molecule has 10 heteroatoms. The fraction of sp³-hybridized carbons (Fsp3) is 0.368. The number of alkyl halides is 1. The molecule has 0 aromatic carbocycles. The summed E-state index contributed by atoms with van der Waals surface area (Å²) in [6.07, 6.45) is 6.62. The lowest BCUT2D eigenvalue weighted by Crippen LogP contribution is -2.48. The van der Waals surface area contributed by atoms with Gasteiger partial charge in [0.25, 0.3) is 0 Å². The van der Waals surface area contributed by atoms with Crippen molar-refractivity contribution in [1.82, 2.24) is 34.1 Å². The Morgan fingerprint density at radius 2 is 2.00 bits per heavy atom. The number of likely N-dealkylation sites (tertiary alicyclic amines) is 1. The summed E-state index contributed by atoms with van der Waals surface area (Å²) < 4.78 is 18.7. The van der Waals surface area contributed by atoms with E-state index in [9.17, 15) is 0 Å². The van der Waals surface area contributed by atoms with Crippen LogP contribution in [-0.4, -0.2) is 67.1 Å². The number of hydrogen-bond donors (Lipinski definition) is 2. The van der Waals surface area contributed by atoms with Gasteiger partial charge in [0.1, 0.15) is 5.52 Å². The second-order valence-corrected chi connectivity index (χ2v) is 7.44. The Bertz CT molecular complexity index is 1180. The van der Waals surface area contributed by atoms with Crippen molar-refractivity contribution in [1.29, 1.82) is 0 Å². The van der Waals surface area contributed by atoms with Crippen molar-refractivity contribution in [2.45, 2.75) is 18.6 Å². The Morgan fingerprint density at radius 1 is 1.14 bits per heavy atom. The number of piperidine rings is 1. The number of anilines is 2. The van der Waals surface area contributed by atoms with Crippen molar-refractivity contribution in [2.75, 3.05) is 37.8 Å². The number of nitrogens with one attached hydrogen (secondary N) is 2. The first-order chi connectivity index (χ1) is 14.0. The molecule has 1 unspecified atom stereocenters. The Hall–Kier alpha value is -3.27. The van der Waals surface area contributed by atoms with E-state index in [1.54, 1.807) is 22.3 Å². The molecule has 1 saturated heterocycles. The molecule has 0 saturated carbocycles. The number of likely N-dealkylation sites (N-methyl/N-ethyl adjacent to an activating group) is 1. The van der Waals surface area contributed by atoms with E-state index in [1.807, 2.05) is 42.5 Å². The highest BCUT2D eigenvalue weighted by atomic mass is 19.1. The Morgan fingerprint density at radius 3 is 2.83 bits per heavy atom. The summed E-state index contributed by atoms with van der Waals surface area (Å²) in [6.45, 7) is 1.19. The van der Waals surface area contributed by atoms with Gasteiger partial charge in [-0.25, -0.2) is 18.4 Å². The van der Waals surface area contributed by atoms with Gasteiger partial charge in [0, 0.05) is 37.5 Å². The van der Waals surface area contributed by atoms with E-state index in [4.69, 9.17) is 0 Å². The van der Waals surface area contributed by atoms with E-state index in [0.29, 0.717) is 18.8 Å². The van der Waals surface area contributed by atoms with Gasteiger partial charge < -0.3 is 15.5 Å². The van der Waals surface area contributed by atoms with Gasteiger partial charge in [0.05, 0.1) is 18.4 Å². The predicted octanol–water partition coefficient (Wildman–Crippen LogP) is 2.28. The fourth-order valence-corrected chi connectivity index (χ4v) is 3.94. The SMILES string of the molecule is CNc1nc(NC2(F)CCCN(C)C2)nn2ccc(-c3ccn4nccc4n3)c12.